The lowest BCUT2D eigenvalue weighted by atomic mass is 10.2. The van der Waals surface area contributed by atoms with E-state index in [4.69, 9.17) is 0 Å². The van der Waals surface area contributed by atoms with Gasteiger partial charge in [0.1, 0.15) is 11.4 Å². The van der Waals surface area contributed by atoms with E-state index >= 15 is 0 Å². The third kappa shape index (κ3) is 4.17. The van der Waals surface area contributed by atoms with E-state index in [1.165, 1.54) is 36.4 Å². The number of nitro benzene ring substituents is 2. The normalized spacial score (nSPS) is 10.1. The van der Waals surface area contributed by atoms with Crippen molar-refractivity contribution in [2.45, 2.75) is 13.8 Å². The zero-order valence-electron chi connectivity index (χ0n) is 13.8. The summed E-state index contributed by atoms with van der Waals surface area (Å²) in [5, 5.41) is 26.4. The second-order valence-electron chi connectivity index (χ2n) is 5.46. The number of carbonyl (C=O) groups is 2. The molecule has 2 amide bonds. The van der Waals surface area contributed by atoms with Crippen LogP contribution in [0.15, 0.2) is 36.4 Å². The maximum Gasteiger partial charge on any atom is 0.314 e. The van der Waals surface area contributed by atoms with Gasteiger partial charge in [-0.25, -0.2) is 0 Å². The van der Waals surface area contributed by atoms with Crippen molar-refractivity contribution in [3.05, 3.63) is 67.8 Å². The van der Waals surface area contributed by atoms with E-state index in [-0.39, 0.29) is 22.7 Å². The highest BCUT2D eigenvalue weighted by Gasteiger charge is 2.23. The van der Waals surface area contributed by atoms with Crippen molar-refractivity contribution in [3.8, 4) is 0 Å². The highest BCUT2D eigenvalue weighted by atomic mass is 16.6. The Morgan fingerprint density at radius 1 is 0.769 bits per heavy atom. The Labute approximate surface area is 147 Å². The zero-order valence-corrected chi connectivity index (χ0v) is 13.8. The summed E-state index contributed by atoms with van der Waals surface area (Å²) < 4.78 is 0. The fraction of sp³-hybridized carbons (Fsp3) is 0.125. The monoisotopic (exact) mass is 358 g/mol. The van der Waals surface area contributed by atoms with Crippen LogP contribution < -0.4 is 10.6 Å². The van der Waals surface area contributed by atoms with E-state index < -0.39 is 21.7 Å². The van der Waals surface area contributed by atoms with E-state index in [1.54, 1.807) is 13.8 Å². The van der Waals surface area contributed by atoms with Gasteiger partial charge in [0.15, 0.2) is 0 Å². The number of nitrogens with one attached hydrogen (secondary N) is 2. The van der Waals surface area contributed by atoms with Crippen LogP contribution in [-0.2, 0) is 9.59 Å². The van der Waals surface area contributed by atoms with Crippen molar-refractivity contribution in [1.29, 1.82) is 0 Å². The molecule has 2 aromatic rings. The summed E-state index contributed by atoms with van der Waals surface area (Å²) in [5.41, 5.74) is 0.169. The lowest BCUT2D eigenvalue weighted by Gasteiger charge is -2.08. The highest BCUT2D eigenvalue weighted by Crippen LogP contribution is 2.27. The molecule has 0 aliphatic rings. The Balaban J connectivity index is 2.21. The molecule has 0 atom stereocenters. The molecule has 134 valence electrons. The maximum atomic E-state index is 12.0. The molecule has 0 unspecified atom stereocenters. The number of aryl methyl sites for hydroxylation is 2. The van der Waals surface area contributed by atoms with Gasteiger partial charge in [-0.15, -0.1) is 0 Å². The van der Waals surface area contributed by atoms with Crippen LogP contribution in [0.5, 0.6) is 0 Å². The molecular weight excluding hydrogens is 344 g/mol. The first-order valence-electron chi connectivity index (χ1n) is 7.31. The van der Waals surface area contributed by atoms with Gasteiger partial charge in [0.05, 0.1) is 9.85 Å². The van der Waals surface area contributed by atoms with Gasteiger partial charge >= 0.3 is 11.8 Å². The Morgan fingerprint density at radius 3 is 1.42 bits per heavy atom. The number of carbonyl (C=O) groups excluding carboxylic acids is 2. The third-order valence-corrected chi connectivity index (χ3v) is 3.40. The summed E-state index contributed by atoms with van der Waals surface area (Å²) in [6.07, 6.45) is 0. The molecule has 2 N–H and O–H groups in total. The molecule has 0 fully saturated rings. The molecular formula is C16H14N4O6. The van der Waals surface area contributed by atoms with Crippen molar-refractivity contribution in [1.82, 2.24) is 0 Å². The maximum absolute atomic E-state index is 12.0. The van der Waals surface area contributed by atoms with Crippen LogP contribution in [0.1, 0.15) is 11.1 Å². The van der Waals surface area contributed by atoms with E-state index in [0.29, 0.717) is 11.1 Å². The third-order valence-electron chi connectivity index (χ3n) is 3.40. The molecule has 10 heteroatoms. The number of anilines is 2. The van der Waals surface area contributed by atoms with Crippen LogP contribution in [-0.4, -0.2) is 21.7 Å². The number of hydrogen-bond acceptors (Lipinski definition) is 6. The van der Waals surface area contributed by atoms with Crippen LogP contribution in [0.3, 0.4) is 0 Å². The smallest absolute Gasteiger partial charge is 0.312 e. The molecule has 2 rings (SSSR count). The molecule has 10 nitrogen and oxygen atoms in total. The van der Waals surface area contributed by atoms with Crippen molar-refractivity contribution in [3.63, 3.8) is 0 Å². The predicted octanol–water partition coefficient (Wildman–Crippen LogP) is 2.70. The van der Waals surface area contributed by atoms with Gasteiger partial charge in [-0.05, 0) is 37.1 Å². The SMILES string of the molecule is Cc1ccc(NC(=O)C(=O)Nc2ccc(C)cc2[N+](=O)[O-])c([N+](=O)[O-])c1. The average Bonchev–Trinajstić information content (AvgIpc) is 2.57. The summed E-state index contributed by atoms with van der Waals surface area (Å²) in [6.45, 7) is 3.28. The fourth-order valence-electron chi connectivity index (χ4n) is 2.16. The van der Waals surface area contributed by atoms with E-state index in [0.717, 1.165) is 0 Å². The zero-order chi connectivity index (χ0) is 19.4. The van der Waals surface area contributed by atoms with Crippen LogP contribution in [0, 0.1) is 34.1 Å². The van der Waals surface area contributed by atoms with Crippen molar-refractivity contribution in [2.24, 2.45) is 0 Å². The summed E-state index contributed by atoms with van der Waals surface area (Å²) in [7, 11) is 0. The van der Waals surface area contributed by atoms with Gasteiger partial charge in [0.2, 0.25) is 0 Å². The second-order valence-corrected chi connectivity index (χ2v) is 5.46. The molecule has 0 radical (unpaired) electrons. The van der Waals surface area contributed by atoms with Crippen molar-refractivity contribution in [2.75, 3.05) is 10.6 Å². The topological polar surface area (TPSA) is 144 Å². The van der Waals surface area contributed by atoms with Gasteiger partial charge in [0.25, 0.3) is 11.4 Å². The Morgan fingerprint density at radius 2 is 1.12 bits per heavy atom. The van der Waals surface area contributed by atoms with Crippen molar-refractivity contribution < 1.29 is 19.4 Å². The van der Waals surface area contributed by atoms with Gasteiger partial charge in [-0.3, -0.25) is 29.8 Å². The van der Waals surface area contributed by atoms with Gasteiger partial charge in [-0.2, -0.15) is 0 Å². The minimum absolute atomic E-state index is 0.154. The van der Waals surface area contributed by atoms with E-state index in [9.17, 15) is 29.8 Å². The van der Waals surface area contributed by atoms with Gasteiger partial charge < -0.3 is 10.6 Å². The molecule has 0 saturated heterocycles. The Hall–Kier alpha value is -3.82. The van der Waals surface area contributed by atoms with Crippen molar-refractivity contribution >= 4 is 34.6 Å². The minimum Gasteiger partial charge on any atom is -0.312 e. The van der Waals surface area contributed by atoms with Crippen LogP contribution in [0.25, 0.3) is 0 Å². The second kappa shape index (κ2) is 7.38. The molecule has 2 aromatic carbocycles. The first kappa shape index (κ1) is 18.5. The van der Waals surface area contributed by atoms with Crippen LogP contribution >= 0.6 is 0 Å². The summed E-state index contributed by atoms with van der Waals surface area (Å²) in [6, 6.07) is 8.16. The first-order valence-corrected chi connectivity index (χ1v) is 7.31. The molecule has 0 aromatic heterocycles. The molecule has 0 saturated carbocycles. The number of rotatable bonds is 4. The summed E-state index contributed by atoms with van der Waals surface area (Å²) in [5.74, 6) is -2.38. The molecule has 0 aliphatic carbocycles. The Bertz CT molecular complexity index is 849. The highest BCUT2D eigenvalue weighted by molar-refractivity contribution is 6.44. The van der Waals surface area contributed by atoms with E-state index in [1.807, 2.05) is 0 Å². The summed E-state index contributed by atoms with van der Waals surface area (Å²) >= 11 is 0. The fourth-order valence-corrected chi connectivity index (χ4v) is 2.16. The lowest BCUT2D eigenvalue weighted by Crippen LogP contribution is -2.29. The number of amides is 2. The predicted molar refractivity (Wildman–Crippen MR) is 92.9 cm³/mol. The standard InChI is InChI=1S/C16H14N4O6/c1-9-3-5-11(13(7-9)19(23)24)17-15(21)16(22)18-12-6-4-10(2)8-14(12)20(25)26/h3-8H,1-2H3,(H,17,21)(H,18,22). The average molecular weight is 358 g/mol. The number of benzene rings is 2. The summed E-state index contributed by atoms with van der Waals surface area (Å²) in [4.78, 5) is 44.7. The quantitative estimate of drug-likeness (QED) is 0.488. The lowest BCUT2D eigenvalue weighted by molar-refractivity contribution is -0.384. The minimum atomic E-state index is -1.19. The number of nitro groups is 2. The first-order chi connectivity index (χ1) is 12.2. The van der Waals surface area contributed by atoms with Gasteiger partial charge in [0, 0.05) is 12.1 Å². The Kier molecular flexibility index (Phi) is 5.26. The molecule has 0 heterocycles. The number of nitrogens with zero attached hydrogens (tertiary/aromatic N) is 2. The van der Waals surface area contributed by atoms with Crippen LogP contribution in [0.2, 0.25) is 0 Å². The molecule has 26 heavy (non-hydrogen) atoms. The molecule has 0 aliphatic heterocycles. The van der Waals surface area contributed by atoms with Crippen LogP contribution in [0.4, 0.5) is 22.7 Å². The molecule has 0 spiro atoms. The largest absolute Gasteiger partial charge is 0.314 e. The number of hydrogen-bond donors (Lipinski definition) is 2. The van der Waals surface area contributed by atoms with E-state index in [2.05, 4.69) is 10.6 Å². The van der Waals surface area contributed by atoms with Gasteiger partial charge in [-0.1, -0.05) is 12.1 Å². The molecule has 0 bridgehead atoms.